The molecular formula is C18H25NO5. The number of nitrogens with zero attached hydrogens (tertiary/aromatic N) is 1. The Bertz CT molecular complexity index is 578. The van der Waals surface area contributed by atoms with E-state index in [1.165, 1.54) is 34.2 Å². The average molecular weight is 335 g/mol. The Balaban J connectivity index is 1.75. The molecule has 132 valence electrons. The Morgan fingerprint density at radius 2 is 1.54 bits per heavy atom. The molecule has 1 aromatic rings. The fraction of sp³-hybridized carbons (Fsp3) is 0.611. The number of hydrogen-bond acceptors (Lipinski definition) is 6. The van der Waals surface area contributed by atoms with Crippen LogP contribution in [-0.2, 0) is 4.74 Å². The van der Waals surface area contributed by atoms with E-state index in [1.54, 1.807) is 12.1 Å². The summed E-state index contributed by atoms with van der Waals surface area (Å²) < 4.78 is 21.6. The number of carbonyl (C=O) groups excluding carboxylic acids is 1. The molecule has 2 heterocycles. The SMILES string of the molecule is COc1cc(C(=O)OC2CC3CCC(C2)N3C)cc(OC)c1OC. The Morgan fingerprint density at radius 1 is 1.00 bits per heavy atom. The van der Waals surface area contributed by atoms with Crippen LogP contribution in [0, 0.1) is 0 Å². The van der Waals surface area contributed by atoms with Crippen LogP contribution < -0.4 is 14.2 Å². The zero-order valence-corrected chi connectivity index (χ0v) is 14.7. The number of rotatable bonds is 5. The molecule has 24 heavy (non-hydrogen) atoms. The lowest BCUT2D eigenvalue weighted by Crippen LogP contribution is -2.43. The second-order valence-corrected chi connectivity index (χ2v) is 6.46. The minimum absolute atomic E-state index is 0.0229. The van der Waals surface area contributed by atoms with Gasteiger partial charge < -0.3 is 23.8 Å². The van der Waals surface area contributed by atoms with Crippen molar-refractivity contribution in [1.82, 2.24) is 4.90 Å². The van der Waals surface area contributed by atoms with Gasteiger partial charge in [0.2, 0.25) is 5.75 Å². The van der Waals surface area contributed by atoms with Crippen LogP contribution in [0.3, 0.4) is 0 Å². The second-order valence-electron chi connectivity index (χ2n) is 6.46. The summed E-state index contributed by atoms with van der Waals surface area (Å²) in [7, 11) is 6.76. The standard InChI is InChI=1S/C18H25NO5/c1-19-12-5-6-13(19)10-14(9-12)24-18(20)11-7-15(21-2)17(23-4)16(8-11)22-3/h7-8,12-14H,5-6,9-10H2,1-4H3. The van der Waals surface area contributed by atoms with E-state index in [2.05, 4.69) is 11.9 Å². The van der Waals surface area contributed by atoms with Crippen LogP contribution >= 0.6 is 0 Å². The number of hydrogen-bond donors (Lipinski definition) is 0. The highest BCUT2D eigenvalue weighted by atomic mass is 16.5. The summed E-state index contributed by atoms with van der Waals surface area (Å²) >= 11 is 0. The van der Waals surface area contributed by atoms with Crippen LogP contribution in [0.1, 0.15) is 36.0 Å². The van der Waals surface area contributed by atoms with Crippen LogP contribution in [0.5, 0.6) is 17.2 Å². The molecule has 0 radical (unpaired) electrons. The summed E-state index contributed by atoms with van der Waals surface area (Å²) in [5, 5.41) is 0. The molecule has 2 bridgehead atoms. The molecule has 0 aromatic heterocycles. The largest absolute Gasteiger partial charge is 0.493 e. The van der Waals surface area contributed by atoms with Crippen molar-refractivity contribution >= 4 is 5.97 Å². The van der Waals surface area contributed by atoms with E-state index in [-0.39, 0.29) is 12.1 Å². The topological polar surface area (TPSA) is 57.2 Å². The Hall–Kier alpha value is -1.95. The fourth-order valence-electron chi connectivity index (χ4n) is 3.88. The molecule has 6 nitrogen and oxygen atoms in total. The molecule has 6 heteroatoms. The van der Waals surface area contributed by atoms with Gasteiger partial charge in [-0.2, -0.15) is 0 Å². The van der Waals surface area contributed by atoms with Crippen molar-refractivity contribution < 1.29 is 23.7 Å². The van der Waals surface area contributed by atoms with Crippen LogP contribution in [0.2, 0.25) is 0 Å². The molecule has 0 spiro atoms. The zero-order chi connectivity index (χ0) is 17.3. The lowest BCUT2D eigenvalue weighted by molar-refractivity contribution is -0.000509. The van der Waals surface area contributed by atoms with Crippen LogP contribution in [0.15, 0.2) is 12.1 Å². The van der Waals surface area contributed by atoms with Crippen molar-refractivity contribution in [3.8, 4) is 17.2 Å². The van der Waals surface area contributed by atoms with Gasteiger partial charge in [0.05, 0.1) is 26.9 Å². The van der Waals surface area contributed by atoms with Crippen molar-refractivity contribution in [3.63, 3.8) is 0 Å². The molecule has 0 N–H and O–H groups in total. The van der Waals surface area contributed by atoms with Crippen LogP contribution in [0.4, 0.5) is 0 Å². The van der Waals surface area contributed by atoms with Gasteiger partial charge in [-0.25, -0.2) is 4.79 Å². The first-order valence-electron chi connectivity index (χ1n) is 8.30. The number of ether oxygens (including phenoxy) is 4. The van der Waals surface area contributed by atoms with Crippen molar-refractivity contribution in [2.75, 3.05) is 28.4 Å². The van der Waals surface area contributed by atoms with Gasteiger partial charge in [0, 0.05) is 24.9 Å². The summed E-state index contributed by atoms with van der Waals surface area (Å²) in [6.07, 6.45) is 4.18. The van der Waals surface area contributed by atoms with Gasteiger partial charge >= 0.3 is 5.97 Å². The molecule has 2 aliphatic rings. The molecule has 2 atom stereocenters. The third-order valence-electron chi connectivity index (χ3n) is 5.23. The summed E-state index contributed by atoms with van der Waals surface area (Å²) in [5.74, 6) is 1.02. The van der Waals surface area contributed by atoms with Crippen molar-refractivity contribution in [2.45, 2.75) is 43.9 Å². The van der Waals surface area contributed by atoms with Gasteiger partial charge in [-0.15, -0.1) is 0 Å². The minimum atomic E-state index is -0.344. The monoisotopic (exact) mass is 335 g/mol. The number of piperidine rings is 1. The van der Waals surface area contributed by atoms with E-state index in [0.29, 0.717) is 34.9 Å². The number of fused-ring (bicyclic) bond motifs is 2. The van der Waals surface area contributed by atoms with E-state index in [1.807, 2.05) is 0 Å². The molecule has 3 rings (SSSR count). The van der Waals surface area contributed by atoms with Gasteiger partial charge in [-0.3, -0.25) is 0 Å². The first-order chi connectivity index (χ1) is 11.6. The molecule has 2 aliphatic heterocycles. The fourth-order valence-corrected chi connectivity index (χ4v) is 3.88. The Labute approximate surface area is 142 Å². The summed E-state index contributed by atoms with van der Waals surface area (Å²) in [4.78, 5) is 15.0. The molecule has 0 amide bonds. The highest BCUT2D eigenvalue weighted by Crippen LogP contribution is 2.39. The van der Waals surface area contributed by atoms with E-state index in [9.17, 15) is 4.79 Å². The van der Waals surface area contributed by atoms with Gasteiger partial charge in [0.25, 0.3) is 0 Å². The molecule has 2 unspecified atom stereocenters. The third-order valence-corrected chi connectivity index (χ3v) is 5.23. The predicted molar refractivity (Wildman–Crippen MR) is 89.1 cm³/mol. The third kappa shape index (κ3) is 3.02. The van der Waals surface area contributed by atoms with Gasteiger partial charge in [-0.05, 0) is 32.0 Å². The maximum Gasteiger partial charge on any atom is 0.338 e. The Kier molecular flexibility index (Phi) is 4.85. The van der Waals surface area contributed by atoms with Crippen LogP contribution in [-0.4, -0.2) is 57.4 Å². The van der Waals surface area contributed by atoms with Gasteiger partial charge in [0.1, 0.15) is 6.10 Å². The van der Waals surface area contributed by atoms with E-state index < -0.39 is 0 Å². The van der Waals surface area contributed by atoms with Crippen molar-refractivity contribution in [3.05, 3.63) is 17.7 Å². The maximum absolute atomic E-state index is 12.6. The zero-order valence-electron chi connectivity index (χ0n) is 14.7. The average Bonchev–Trinajstić information content (AvgIpc) is 2.81. The molecule has 0 aliphatic carbocycles. The van der Waals surface area contributed by atoms with Crippen molar-refractivity contribution in [1.29, 1.82) is 0 Å². The van der Waals surface area contributed by atoms with Gasteiger partial charge in [0.15, 0.2) is 11.5 Å². The number of methoxy groups -OCH3 is 3. The molecule has 1 aromatic carbocycles. The first kappa shape index (κ1) is 16.9. The highest BCUT2D eigenvalue weighted by Gasteiger charge is 2.40. The smallest absolute Gasteiger partial charge is 0.338 e. The van der Waals surface area contributed by atoms with Crippen molar-refractivity contribution in [2.24, 2.45) is 0 Å². The highest BCUT2D eigenvalue weighted by molar-refractivity contribution is 5.91. The molecular weight excluding hydrogens is 310 g/mol. The second kappa shape index (κ2) is 6.89. The Morgan fingerprint density at radius 3 is 2.00 bits per heavy atom. The van der Waals surface area contributed by atoms with E-state index in [4.69, 9.17) is 18.9 Å². The molecule has 0 saturated carbocycles. The lowest BCUT2D eigenvalue weighted by atomic mass is 10.0. The van der Waals surface area contributed by atoms with Gasteiger partial charge in [-0.1, -0.05) is 0 Å². The van der Waals surface area contributed by atoms with E-state index in [0.717, 1.165) is 12.8 Å². The van der Waals surface area contributed by atoms with E-state index >= 15 is 0 Å². The quantitative estimate of drug-likeness (QED) is 0.771. The summed E-state index contributed by atoms with van der Waals surface area (Å²) in [5.41, 5.74) is 0.413. The number of esters is 1. The predicted octanol–water partition coefficient (Wildman–Crippen LogP) is 2.49. The summed E-state index contributed by atoms with van der Waals surface area (Å²) in [6, 6.07) is 4.32. The minimum Gasteiger partial charge on any atom is -0.493 e. The normalized spacial score (nSPS) is 26.1. The molecule has 2 saturated heterocycles. The first-order valence-corrected chi connectivity index (χ1v) is 8.30. The maximum atomic E-state index is 12.6. The lowest BCUT2D eigenvalue weighted by Gasteiger charge is -2.35. The van der Waals surface area contributed by atoms with Crippen LogP contribution in [0.25, 0.3) is 0 Å². The number of benzene rings is 1. The molecule has 2 fully saturated rings. The number of carbonyl (C=O) groups is 1. The summed E-state index contributed by atoms with van der Waals surface area (Å²) in [6.45, 7) is 0.